The Morgan fingerprint density at radius 1 is 1.11 bits per heavy atom. The third-order valence-corrected chi connectivity index (χ3v) is 5.30. The highest BCUT2D eigenvalue weighted by molar-refractivity contribution is 5.81. The number of carbonyl (C=O) groups is 1. The number of rotatable bonds is 16. The fourth-order valence-corrected chi connectivity index (χ4v) is 3.59. The zero-order valence-electron chi connectivity index (χ0n) is 17.4. The number of amidine groups is 1. The minimum Gasteiger partial charge on any atom is -0.544 e. The molecule has 154 valence electrons. The summed E-state index contributed by atoms with van der Waals surface area (Å²) in [6.45, 7) is 3.90. The molecule has 27 heavy (non-hydrogen) atoms. The summed E-state index contributed by atoms with van der Waals surface area (Å²) in [4.78, 5) is 15.5. The summed E-state index contributed by atoms with van der Waals surface area (Å²) in [5.41, 5.74) is 6.06. The van der Waals surface area contributed by atoms with Crippen LogP contribution in [0.5, 0.6) is 0 Å². The second kappa shape index (κ2) is 13.7. The molecule has 1 aliphatic rings. The average Bonchev–Trinajstić information content (AvgIpc) is 3.02. The second-order valence-electron chi connectivity index (χ2n) is 7.67. The molecule has 0 fully saturated rings. The minimum absolute atomic E-state index is 0.106. The van der Waals surface area contributed by atoms with Crippen LogP contribution in [0.1, 0.15) is 90.9 Å². The number of quaternary nitrogens is 1. The maximum atomic E-state index is 11.1. The summed E-state index contributed by atoms with van der Waals surface area (Å²) >= 11 is 0. The molecule has 2 atom stereocenters. The predicted octanol–water partition coefficient (Wildman–Crippen LogP) is 4.00. The van der Waals surface area contributed by atoms with E-state index in [-0.39, 0.29) is 17.2 Å². The van der Waals surface area contributed by atoms with Crippen LogP contribution >= 0.6 is 0 Å². The predicted molar refractivity (Wildman–Crippen MR) is 111 cm³/mol. The molecule has 0 saturated heterocycles. The Hall–Kier alpha value is -1.46. The van der Waals surface area contributed by atoms with Crippen molar-refractivity contribution in [2.24, 2.45) is 10.7 Å². The summed E-state index contributed by atoms with van der Waals surface area (Å²) in [7, 11) is 0. The van der Waals surface area contributed by atoms with Gasteiger partial charge in [0.25, 0.3) is 0 Å². The Morgan fingerprint density at radius 2 is 1.70 bits per heavy atom. The van der Waals surface area contributed by atoms with E-state index in [0.717, 1.165) is 25.1 Å². The van der Waals surface area contributed by atoms with E-state index in [1.165, 1.54) is 57.8 Å². The third kappa shape index (κ3) is 8.85. The van der Waals surface area contributed by atoms with E-state index < -0.39 is 5.97 Å². The van der Waals surface area contributed by atoms with Crippen LogP contribution < -0.4 is 10.8 Å². The molecule has 0 amide bonds. The molecule has 0 saturated carbocycles. The lowest BCUT2D eigenvalue weighted by Gasteiger charge is -2.36. The number of hydrogen-bond acceptors (Lipinski definition) is 4. The largest absolute Gasteiger partial charge is 0.544 e. The molecule has 1 aliphatic heterocycles. The van der Waals surface area contributed by atoms with E-state index in [2.05, 4.69) is 24.1 Å². The van der Waals surface area contributed by atoms with Crippen molar-refractivity contribution in [1.29, 1.82) is 0 Å². The van der Waals surface area contributed by atoms with Crippen LogP contribution in [0.4, 0.5) is 0 Å². The van der Waals surface area contributed by atoms with E-state index in [4.69, 9.17) is 5.73 Å². The van der Waals surface area contributed by atoms with Gasteiger partial charge in [0, 0.05) is 13.3 Å². The van der Waals surface area contributed by atoms with Crippen molar-refractivity contribution in [3.05, 3.63) is 24.6 Å². The van der Waals surface area contributed by atoms with E-state index in [0.29, 0.717) is 0 Å². The minimum atomic E-state index is -1.09. The molecule has 0 radical (unpaired) electrons. The number of carbonyl (C=O) groups excluding carboxylic acids is 1. The zero-order valence-corrected chi connectivity index (χ0v) is 17.4. The first kappa shape index (κ1) is 23.6. The summed E-state index contributed by atoms with van der Waals surface area (Å²) in [5.74, 6) is -0.238. The van der Waals surface area contributed by atoms with Gasteiger partial charge < -0.3 is 9.90 Å². The summed E-state index contributed by atoms with van der Waals surface area (Å²) in [6.07, 6.45) is 22.2. The van der Waals surface area contributed by atoms with E-state index in [1.54, 1.807) is 12.4 Å². The molecular weight excluding hydrogens is 338 g/mol. The van der Waals surface area contributed by atoms with E-state index in [1.807, 2.05) is 6.92 Å². The van der Waals surface area contributed by atoms with Gasteiger partial charge in [-0.15, -0.1) is 0 Å². The Bertz CT molecular complexity index is 512. The molecule has 1 heterocycles. The Labute approximate surface area is 165 Å². The Balaban J connectivity index is 2.10. The summed E-state index contributed by atoms with van der Waals surface area (Å²) < 4.78 is 0.106. The van der Waals surface area contributed by atoms with Crippen molar-refractivity contribution in [2.75, 3.05) is 6.54 Å². The lowest BCUT2D eigenvalue weighted by molar-refractivity contribution is -0.808. The number of nitrogens with two attached hydrogens (primary N) is 1. The van der Waals surface area contributed by atoms with Gasteiger partial charge in [-0.05, 0) is 25.7 Å². The highest BCUT2D eigenvalue weighted by Gasteiger charge is 2.38. The van der Waals surface area contributed by atoms with Crippen molar-refractivity contribution < 1.29 is 14.4 Å². The molecule has 0 aliphatic carbocycles. The highest BCUT2D eigenvalue weighted by atomic mass is 16.4. The standard InChI is InChI=1S/C22H39N3O2/c1-3-4-5-6-7-8-9-10-11-12-13-14-15-16-21-24-17-18-25(21,20(2)23)19-22(26)27/h5-6,17-18,20H,3-4,7-16,19,23H2,1-2H3/b6-5+. The molecule has 5 heteroatoms. The van der Waals surface area contributed by atoms with Gasteiger partial charge in [0.05, 0.1) is 12.2 Å². The summed E-state index contributed by atoms with van der Waals surface area (Å²) in [5, 5.41) is 11.1. The van der Waals surface area contributed by atoms with Crippen LogP contribution in [0, 0.1) is 0 Å². The number of carboxylic acids is 1. The van der Waals surface area contributed by atoms with Crippen molar-refractivity contribution in [3.63, 3.8) is 0 Å². The molecule has 1 rings (SSSR count). The Kier molecular flexibility index (Phi) is 11.9. The van der Waals surface area contributed by atoms with Gasteiger partial charge >= 0.3 is 0 Å². The molecule has 5 nitrogen and oxygen atoms in total. The quantitative estimate of drug-likeness (QED) is 0.251. The smallest absolute Gasteiger partial charge is 0.209 e. The molecular formula is C22H39N3O2. The lowest BCUT2D eigenvalue weighted by atomic mass is 10.1. The molecule has 0 aromatic heterocycles. The molecule has 0 aromatic rings. The summed E-state index contributed by atoms with van der Waals surface area (Å²) in [6, 6.07) is 0. The number of aliphatic carboxylic acids is 1. The average molecular weight is 378 g/mol. The monoisotopic (exact) mass is 377 g/mol. The van der Waals surface area contributed by atoms with Crippen LogP contribution in [0.3, 0.4) is 0 Å². The fourth-order valence-electron chi connectivity index (χ4n) is 3.59. The van der Waals surface area contributed by atoms with Gasteiger partial charge in [-0.2, -0.15) is 0 Å². The first-order valence-electron chi connectivity index (χ1n) is 10.8. The van der Waals surface area contributed by atoms with Crippen LogP contribution in [0.15, 0.2) is 29.5 Å². The molecule has 2 N–H and O–H groups in total. The normalized spacial score (nSPS) is 20.3. The van der Waals surface area contributed by atoms with Crippen LogP contribution in [0.25, 0.3) is 0 Å². The number of aliphatic imine (C=N–C) groups is 1. The van der Waals surface area contributed by atoms with E-state index in [9.17, 15) is 9.90 Å². The maximum Gasteiger partial charge on any atom is 0.209 e. The van der Waals surface area contributed by atoms with Crippen molar-refractivity contribution >= 4 is 11.8 Å². The molecule has 0 aromatic carbocycles. The van der Waals surface area contributed by atoms with Crippen molar-refractivity contribution in [1.82, 2.24) is 0 Å². The SMILES string of the molecule is CCC/C=C/CCCCCCCCCCC1=NC=C[N+]1(CC(=O)[O-])C(C)N. The van der Waals surface area contributed by atoms with Crippen molar-refractivity contribution in [2.45, 2.75) is 97.1 Å². The topological polar surface area (TPSA) is 78.5 Å². The van der Waals surface area contributed by atoms with Gasteiger partial charge in [-0.25, -0.2) is 9.48 Å². The van der Waals surface area contributed by atoms with Crippen molar-refractivity contribution in [3.8, 4) is 0 Å². The van der Waals surface area contributed by atoms with Gasteiger partial charge in [0.2, 0.25) is 5.84 Å². The van der Waals surface area contributed by atoms with Gasteiger partial charge in [0.15, 0.2) is 0 Å². The highest BCUT2D eigenvalue weighted by Crippen LogP contribution is 2.23. The Morgan fingerprint density at radius 3 is 2.30 bits per heavy atom. The van der Waals surface area contributed by atoms with Crippen LogP contribution in [-0.2, 0) is 4.79 Å². The maximum absolute atomic E-state index is 11.1. The number of hydrogen-bond donors (Lipinski definition) is 1. The lowest BCUT2D eigenvalue weighted by Crippen LogP contribution is -2.60. The number of allylic oxidation sites excluding steroid dienone is 2. The number of unbranched alkanes of at least 4 members (excludes halogenated alkanes) is 9. The van der Waals surface area contributed by atoms with E-state index >= 15 is 0 Å². The van der Waals surface area contributed by atoms with Crippen LogP contribution in [0.2, 0.25) is 0 Å². The van der Waals surface area contributed by atoms with Gasteiger partial charge in [-0.1, -0.05) is 64.0 Å². The first-order valence-corrected chi connectivity index (χ1v) is 10.8. The first-order chi connectivity index (χ1) is 13.0. The van der Waals surface area contributed by atoms with Gasteiger partial charge in [-0.3, -0.25) is 5.73 Å². The number of nitrogens with zero attached hydrogens (tertiary/aromatic N) is 2. The molecule has 0 bridgehead atoms. The molecule has 0 spiro atoms. The number of carboxylic acid groups (broad SMARTS) is 1. The molecule has 2 unspecified atom stereocenters. The zero-order chi connectivity index (χ0) is 20.0. The van der Waals surface area contributed by atoms with Gasteiger partial charge in [0.1, 0.15) is 18.9 Å². The third-order valence-electron chi connectivity index (χ3n) is 5.30. The second-order valence-corrected chi connectivity index (χ2v) is 7.67. The van der Waals surface area contributed by atoms with Crippen LogP contribution in [-0.4, -0.2) is 29.0 Å². The fraction of sp³-hybridized carbons (Fsp3) is 0.727.